The Morgan fingerprint density at radius 3 is 2.52 bits per heavy atom. The minimum Gasteiger partial charge on any atom is -0.347 e. The predicted octanol–water partition coefficient (Wildman–Crippen LogP) is 5.02. The Kier molecular flexibility index (Phi) is 6.72. The van der Waals surface area contributed by atoms with Crippen molar-refractivity contribution in [2.75, 3.05) is 13.2 Å². The summed E-state index contributed by atoms with van der Waals surface area (Å²) in [5, 5.41) is 0. The van der Waals surface area contributed by atoms with Gasteiger partial charge in [0.15, 0.2) is 6.29 Å². The van der Waals surface area contributed by atoms with Gasteiger partial charge >= 0.3 is 0 Å². The number of hydrogen-bond acceptors (Lipinski definition) is 2. The van der Waals surface area contributed by atoms with Crippen LogP contribution in [-0.4, -0.2) is 19.5 Å². The lowest BCUT2D eigenvalue weighted by Gasteiger charge is -2.20. The van der Waals surface area contributed by atoms with Gasteiger partial charge in [-0.1, -0.05) is 57.4 Å². The Balaban J connectivity index is 1.81. The van der Waals surface area contributed by atoms with E-state index in [1.165, 1.54) is 31.3 Å². The Hall–Kier alpha value is -0.860. The molecule has 2 rings (SSSR count). The third-order valence-corrected chi connectivity index (χ3v) is 4.75. The van der Waals surface area contributed by atoms with Crippen LogP contribution in [0, 0.1) is 11.8 Å². The molecule has 2 atom stereocenters. The summed E-state index contributed by atoms with van der Waals surface area (Å²) >= 11 is 0. The second-order valence-electron chi connectivity index (χ2n) is 6.44. The van der Waals surface area contributed by atoms with Crippen molar-refractivity contribution in [3.8, 4) is 0 Å². The maximum atomic E-state index is 5.42. The van der Waals surface area contributed by atoms with Crippen LogP contribution in [0.5, 0.6) is 0 Å². The summed E-state index contributed by atoms with van der Waals surface area (Å²) in [5.41, 5.74) is 3.00. The van der Waals surface area contributed by atoms with E-state index in [1.54, 1.807) is 5.57 Å². The molecule has 0 aromatic rings. The van der Waals surface area contributed by atoms with Gasteiger partial charge in [-0.15, -0.1) is 0 Å². The fourth-order valence-electron chi connectivity index (χ4n) is 2.83. The van der Waals surface area contributed by atoms with Gasteiger partial charge in [0.05, 0.1) is 13.2 Å². The van der Waals surface area contributed by atoms with Gasteiger partial charge in [0.2, 0.25) is 0 Å². The molecule has 2 heteroatoms. The number of hydrogen-bond donors (Lipinski definition) is 0. The second-order valence-corrected chi connectivity index (χ2v) is 6.44. The van der Waals surface area contributed by atoms with E-state index in [9.17, 15) is 0 Å². The van der Waals surface area contributed by atoms with Crippen LogP contribution in [-0.2, 0) is 9.47 Å². The third kappa shape index (κ3) is 5.44. The van der Waals surface area contributed by atoms with Crippen molar-refractivity contribution < 1.29 is 9.47 Å². The number of rotatable bonds is 7. The van der Waals surface area contributed by atoms with E-state index in [0.29, 0.717) is 13.2 Å². The molecule has 2 aliphatic rings. The van der Waals surface area contributed by atoms with Gasteiger partial charge in [-0.05, 0) is 42.7 Å². The molecule has 0 aromatic heterocycles. The van der Waals surface area contributed by atoms with Crippen molar-refractivity contribution >= 4 is 0 Å². The summed E-state index contributed by atoms with van der Waals surface area (Å²) in [4.78, 5) is 0. The highest BCUT2D eigenvalue weighted by Crippen LogP contribution is 2.29. The molecule has 0 saturated carbocycles. The van der Waals surface area contributed by atoms with Gasteiger partial charge < -0.3 is 9.47 Å². The Bertz CT molecular complexity index is 400. The van der Waals surface area contributed by atoms with Crippen LogP contribution in [0.25, 0.3) is 0 Å². The minimum absolute atomic E-state index is 0.134. The first kappa shape index (κ1) is 16.5. The van der Waals surface area contributed by atoms with Crippen molar-refractivity contribution in [2.24, 2.45) is 11.8 Å². The van der Waals surface area contributed by atoms with Crippen LogP contribution < -0.4 is 0 Å². The highest BCUT2D eigenvalue weighted by molar-refractivity contribution is 5.31. The Morgan fingerprint density at radius 1 is 1.14 bits per heavy atom. The molecule has 21 heavy (non-hydrogen) atoms. The maximum Gasteiger partial charge on any atom is 0.177 e. The summed E-state index contributed by atoms with van der Waals surface area (Å²) < 4.78 is 10.8. The van der Waals surface area contributed by atoms with Gasteiger partial charge in [0.1, 0.15) is 0 Å². The van der Waals surface area contributed by atoms with Crippen molar-refractivity contribution in [1.29, 1.82) is 0 Å². The summed E-state index contributed by atoms with van der Waals surface area (Å²) in [5.74, 6) is 1.58. The molecule has 0 amide bonds. The molecule has 2 unspecified atom stereocenters. The molecule has 0 aromatic carbocycles. The quantitative estimate of drug-likeness (QED) is 0.655. The first-order valence-electron chi connectivity index (χ1n) is 8.50. The summed E-state index contributed by atoms with van der Waals surface area (Å²) in [6, 6.07) is 0. The smallest absolute Gasteiger partial charge is 0.177 e. The standard InChI is InChI=1S/C19H30O2/c1-4-15(2)5-6-16(3)18-10-7-17(8-11-18)9-12-19-20-13-14-21-19/h7,9-10,12,15-16,19H,4-6,8,11,13-14H2,1-3H3/b12-9+. The lowest BCUT2D eigenvalue weighted by molar-refractivity contribution is -0.00158. The average molecular weight is 290 g/mol. The molecule has 1 aliphatic carbocycles. The van der Waals surface area contributed by atoms with E-state index in [0.717, 1.165) is 18.3 Å². The molecule has 1 aliphatic heterocycles. The zero-order valence-electron chi connectivity index (χ0n) is 13.8. The van der Waals surface area contributed by atoms with Gasteiger partial charge in [-0.2, -0.15) is 0 Å². The topological polar surface area (TPSA) is 18.5 Å². The highest BCUT2D eigenvalue weighted by atomic mass is 16.7. The van der Waals surface area contributed by atoms with Gasteiger partial charge in [-0.3, -0.25) is 0 Å². The van der Waals surface area contributed by atoms with Crippen LogP contribution in [0.4, 0.5) is 0 Å². The molecule has 0 N–H and O–H groups in total. The van der Waals surface area contributed by atoms with Crippen molar-refractivity contribution in [3.63, 3.8) is 0 Å². The third-order valence-electron chi connectivity index (χ3n) is 4.75. The Labute approximate surface area is 129 Å². The normalized spacial score (nSPS) is 23.2. The first-order chi connectivity index (χ1) is 10.2. The van der Waals surface area contributed by atoms with Gasteiger partial charge in [-0.25, -0.2) is 0 Å². The van der Waals surface area contributed by atoms with Crippen molar-refractivity contribution in [1.82, 2.24) is 0 Å². The summed E-state index contributed by atoms with van der Waals surface area (Å²) in [6.45, 7) is 8.45. The van der Waals surface area contributed by atoms with Crippen LogP contribution in [0.15, 0.2) is 35.5 Å². The molecule has 118 valence electrons. The molecule has 2 nitrogen and oxygen atoms in total. The van der Waals surface area contributed by atoms with Crippen LogP contribution in [0.2, 0.25) is 0 Å². The van der Waals surface area contributed by atoms with E-state index in [1.807, 2.05) is 6.08 Å². The number of allylic oxidation sites excluding steroid dienone is 5. The lowest BCUT2D eigenvalue weighted by atomic mass is 9.85. The van der Waals surface area contributed by atoms with E-state index >= 15 is 0 Å². The fraction of sp³-hybridized carbons (Fsp3) is 0.684. The summed E-state index contributed by atoms with van der Waals surface area (Å²) in [6.07, 6.45) is 15.0. The first-order valence-corrected chi connectivity index (χ1v) is 8.50. The molecule has 1 saturated heterocycles. The molecule has 0 radical (unpaired) electrons. The summed E-state index contributed by atoms with van der Waals surface area (Å²) in [7, 11) is 0. The van der Waals surface area contributed by atoms with Crippen LogP contribution in [0.1, 0.15) is 52.9 Å². The van der Waals surface area contributed by atoms with Crippen molar-refractivity contribution in [3.05, 3.63) is 35.5 Å². The molecule has 1 heterocycles. The lowest BCUT2D eigenvalue weighted by Crippen LogP contribution is -2.06. The molecule has 0 spiro atoms. The van der Waals surface area contributed by atoms with Crippen LogP contribution in [0.3, 0.4) is 0 Å². The SMILES string of the molecule is CCC(C)CCC(C)C1=CC=C(/C=C/C2OCCO2)CC1. The zero-order valence-corrected chi connectivity index (χ0v) is 13.8. The van der Waals surface area contributed by atoms with Gasteiger partial charge in [0.25, 0.3) is 0 Å². The monoisotopic (exact) mass is 290 g/mol. The molecular formula is C19H30O2. The predicted molar refractivity (Wildman–Crippen MR) is 88.1 cm³/mol. The fourth-order valence-corrected chi connectivity index (χ4v) is 2.83. The molecule has 0 bridgehead atoms. The van der Waals surface area contributed by atoms with E-state index < -0.39 is 0 Å². The van der Waals surface area contributed by atoms with E-state index in [4.69, 9.17) is 9.47 Å². The number of ether oxygens (including phenoxy) is 2. The van der Waals surface area contributed by atoms with Crippen molar-refractivity contribution in [2.45, 2.75) is 59.2 Å². The average Bonchev–Trinajstić information content (AvgIpc) is 3.04. The second kappa shape index (κ2) is 8.55. The largest absolute Gasteiger partial charge is 0.347 e. The van der Waals surface area contributed by atoms with Crippen LogP contribution >= 0.6 is 0 Å². The molecular weight excluding hydrogens is 260 g/mol. The highest BCUT2D eigenvalue weighted by Gasteiger charge is 2.14. The molecule has 1 fully saturated rings. The Morgan fingerprint density at radius 2 is 1.90 bits per heavy atom. The van der Waals surface area contributed by atoms with Gasteiger partial charge in [0, 0.05) is 0 Å². The van der Waals surface area contributed by atoms with E-state index in [-0.39, 0.29) is 6.29 Å². The zero-order chi connectivity index (χ0) is 15.1. The maximum absolute atomic E-state index is 5.42. The van der Waals surface area contributed by atoms with E-state index in [2.05, 4.69) is 39.0 Å². The minimum atomic E-state index is -0.134.